The van der Waals surface area contributed by atoms with Crippen molar-refractivity contribution >= 4 is 15.8 Å². The van der Waals surface area contributed by atoms with Gasteiger partial charge in [-0.25, -0.2) is 8.42 Å². The fraction of sp³-hybridized carbons (Fsp3) is 0.280. The fourth-order valence-electron chi connectivity index (χ4n) is 4.01. The van der Waals surface area contributed by atoms with Crippen LogP contribution in [0.15, 0.2) is 59.5 Å². The van der Waals surface area contributed by atoms with Crippen LogP contribution in [0, 0.1) is 25.2 Å². The van der Waals surface area contributed by atoms with Gasteiger partial charge in [0, 0.05) is 35.7 Å². The summed E-state index contributed by atoms with van der Waals surface area (Å²) in [7, 11) is -3.64. The lowest BCUT2D eigenvalue weighted by atomic mass is 10.1. The molecule has 9 heteroatoms. The fourth-order valence-corrected chi connectivity index (χ4v) is 5.46. The van der Waals surface area contributed by atoms with Gasteiger partial charge in [-0.15, -0.1) is 0 Å². The summed E-state index contributed by atoms with van der Waals surface area (Å²) >= 11 is 0. The summed E-state index contributed by atoms with van der Waals surface area (Å²) in [6.07, 6.45) is 0. The van der Waals surface area contributed by atoms with E-state index in [0.29, 0.717) is 54.6 Å². The highest BCUT2D eigenvalue weighted by molar-refractivity contribution is 7.89. The number of hydrogen-bond donors (Lipinski definition) is 0. The molecule has 2 aromatic carbocycles. The first-order valence-electron chi connectivity index (χ1n) is 10.8. The number of morpholine rings is 1. The molecular weight excluding hydrogens is 454 g/mol. The van der Waals surface area contributed by atoms with Gasteiger partial charge in [0.2, 0.25) is 15.8 Å². The number of aromatic nitrogens is 1. The molecule has 1 aliphatic rings. The number of ketones is 1. The normalized spacial score (nSPS) is 14.5. The Morgan fingerprint density at radius 1 is 1.09 bits per heavy atom. The average Bonchev–Trinajstić information content (AvgIpc) is 3.17. The summed E-state index contributed by atoms with van der Waals surface area (Å²) in [5, 5.41) is 8.89. The lowest BCUT2D eigenvalue weighted by Gasteiger charge is -2.26. The summed E-state index contributed by atoms with van der Waals surface area (Å²) in [6.45, 7) is 4.95. The highest BCUT2D eigenvalue weighted by atomic mass is 32.2. The van der Waals surface area contributed by atoms with Crippen molar-refractivity contribution < 1.29 is 22.7 Å². The molecule has 0 N–H and O–H groups in total. The molecule has 0 amide bonds. The first-order valence-corrected chi connectivity index (χ1v) is 12.3. The van der Waals surface area contributed by atoms with Gasteiger partial charge in [-0.05, 0) is 62.4 Å². The van der Waals surface area contributed by atoms with Gasteiger partial charge < -0.3 is 14.0 Å². The lowest BCUT2D eigenvalue weighted by Crippen LogP contribution is -2.40. The molecule has 2 heterocycles. The van der Waals surface area contributed by atoms with Gasteiger partial charge in [0.25, 0.3) is 0 Å². The van der Waals surface area contributed by atoms with Gasteiger partial charge in [-0.1, -0.05) is 6.07 Å². The average molecular weight is 480 g/mol. The molecule has 0 saturated carbocycles. The molecular formula is C25H25N3O5S. The number of sulfonamides is 1. The number of rotatable bonds is 7. The molecule has 0 bridgehead atoms. The highest BCUT2D eigenvalue weighted by Crippen LogP contribution is 2.25. The second-order valence-electron chi connectivity index (χ2n) is 7.98. The molecule has 1 aromatic heterocycles. The Morgan fingerprint density at radius 3 is 2.47 bits per heavy atom. The number of hydrogen-bond acceptors (Lipinski definition) is 6. The van der Waals surface area contributed by atoms with Crippen LogP contribution in [-0.4, -0.2) is 56.0 Å². The largest absolute Gasteiger partial charge is 0.485 e. The van der Waals surface area contributed by atoms with Gasteiger partial charge in [-0.2, -0.15) is 9.57 Å². The SMILES string of the molecule is Cc1cc(C(=O)COc2ccc(C#N)cc2)c(C)n1-c1cccc(S(=O)(=O)N2CCOCC2)c1. The molecule has 4 rings (SSSR count). The van der Waals surface area contributed by atoms with E-state index < -0.39 is 10.0 Å². The Kier molecular flexibility index (Phi) is 6.84. The minimum Gasteiger partial charge on any atom is -0.485 e. The second-order valence-corrected chi connectivity index (χ2v) is 9.92. The third-order valence-corrected chi connectivity index (χ3v) is 7.66. The van der Waals surface area contributed by atoms with Crippen LogP contribution in [0.1, 0.15) is 27.3 Å². The van der Waals surface area contributed by atoms with Crippen LogP contribution < -0.4 is 4.74 Å². The number of benzene rings is 2. The van der Waals surface area contributed by atoms with Crippen molar-refractivity contribution in [1.82, 2.24) is 8.87 Å². The van der Waals surface area contributed by atoms with Gasteiger partial charge in [0.05, 0.1) is 29.7 Å². The molecule has 0 aliphatic carbocycles. The molecule has 0 atom stereocenters. The zero-order chi connectivity index (χ0) is 24.3. The quantitative estimate of drug-likeness (QED) is 0.482. The predicted molar refractivity (Wildman–Crippen MR) is 126 cm³/mol. The number of ether oxygens (including phenoxy) is 2. The van der Waals surface area contributed by atoms with E-state index >= 15 is 0 Å². The smallest absolute Gasteiger partial charge is 0.243 e. The van der Waals surface area contributed by atoms with Crippen LogP contribution in [0.3, 0.4) is 0 Å². The maximum atomic E-state index is 13.1. The first-order chi connectivity index (χ1) is 16.3. The van der Waals surface area contributed by atoms with Crippen LogP contribution in [-0.2, 0) is 14.8 Å². The first kappa shape index (κ1) is 23.7. The van der Waals surface area contributed by atoms with E-state index in [1.807, 2.05) is 30.6 Å². The van der Waals surface area contributed by atoms with Crippen molar-refractivity contribution in [3.05, 3.63) is 77.1 Å². The molecule has 0 radical (unpaired) electrons. The van der Waals surface area contributed by atoms with E-state index in [2.05, 4.69) is 0 Å². The summed E-state index contributed by atoms with van der Waals surface area (Å²) in [5.74, 6) is 0.308. The Labute approximate surface area is 199 Å². The molecule has 1 saturated heterocycles. The van der Waals surface area contributed by atoms with Crippen molar-refractivity contribution in [1.29, 1.82) is 5.26 Å². The summed E-state index contributed by atoms with van der Waals surface area (Å²) in [4.78, 5) is 13.1. The monoisotopic (exact) mass is 479 g/mol. The maximum absolute atomic E-state index is 13.1. The van der Waals surface area contributed by atoms with Gasteiger partial charge in [-0.3, -0.25) is 4.79 Å². The van der Waals surface area contributed by atoms with Crippen LogP contribution >= 0.6 is 0 Å². The van der Waals surface area contributed by atoms with Gasteiger partial charge in [0.1, 0.15) is 5.75 Å². The Bertz CT molecular complexity index is 1350. The molecule has 3 aromatic rings. The third kappa shape index (κ3) is 4.75. The van der Waals surface area contributed by atoms with Crippen LogP contribution in [0.25, 0.3) is 5.69 Å². The van der Waals surface area contributed by atoms with Crippen molar-refractivity contribution in [2.24, 2.45) is 0 Å². The number of aryl methyl sites for hydroxylation is 1. The minimum atomic E-state index is -3.64. The molecule has 176 valence electrons. The van der Waals surface area contributed by atoms with E-state index in [1.54, 1.807) is 48.5 Å². The van der Waals surface area contributed by atoms with E-state index in [-0.39, 0.29) is 17.3 Å². The molecule has 0 spiro atoms. The molecule has 0 unspecified atom stereocenters. The standard InChI is InChI=1S/C25H25N3O5S/c1-18-14-24(25(29)17-33-22-8-6-20(16-26)7-9-22)19(2)28(18)21-4-3-5-23(15-21)34(30,31)27-10-12-32-13-11-27/h3-9,14-15H,10-13,17H2,1-2H3. The number of nitrogens with zero attached hydrogens (tertiary/aromatic N) is 3. The molecule has 1 aliphatic heterocycles. The molecule has 34 heavy (non-hydrogen) atoms. The van der Waals surface area contributed by atoms with Crippen molar-refractivity contribution in [3.8, 4) is 17.5 Å². The number of nitriles is 1. The summed E-state index contributed by atoms with van der Waals surface area (Å²) < 4.78 is 40.3. The van der Waals surface area contributed by atoms with Crippen LogP contribution in [0.2, 0.25) is 0 Å². The Balaban J connectivity index is 1.57. The predicted octanol–water partition coefficient (Wildman–Crippen LogP) is 3.25. The number of carbonyl (C=O) groups excluding carboxylic acids is 1. The second kappa shape index (κ2) is 9.81. The van der Waals surface area contributed by atoms with E-state index in [0.717, 1.165) is 5.69 Å². The molecule has 8 nitrogen and oxygen atoms in total. The third-order valence-electron chi connectivity index (χ3n) is 5.77. The number of carbonyl (C=O) groups is 1. The Hall–Kier alpha value is -3.45. The van der Waals surface area contributed by atoms with E-state index in [1.165, 1.54) is 4.31 Å². The topological polar surface area (TPSA) is 102 Å². The Morgan fingerprint density at radius 2 is 1.79 bits per heavy atom. The van der Waals surface area contributed by atoms with Gasteiger partial charge >= 0.3 is 0 Å². The maximum Gasteiger partial charge on any atom is 0.243 e. The zero-order valence-corrected chi connectivity index (χ0v) is 19.8. The van der Waals surface area contributed by atoms with Crippen LogP contribution in [0.4, 0.5) is 0 Å². The van der Waals surface area contributed by atoms with E-state index in [9.17, 15) is 13.2 Å². The minimum absolute atomic E-state index is 0.151. The van der Waals surface area contributed by atoms with Crippen LogP contribution in [0.5, 0.6) is 5.75 Å². The zero-order valence-electron chi connectivity index (χ0n) is 19.0. The molecule has 1 fully saturated rings. The number of Topliss-reactive ketones (excluding diaryl/α,β-unsaturated/α-hetero) is 1. The van der Waals surface area contributed by atoms with Crippen molar-refractivity contribution in [2.45, 2.75) is 18.7 Å². The summed E-state index contributed by atoms with van der Waals surface area (Å²) in [5.41, 5.74) is 3.19. The van der Waals surface area contributed by atoms with Crippen molar-refractivity contribution in [3.63, 3.8) is 0 Å². The lowest BCUT2D eigenvalue weighted by molar-refractivity contribution is 0.0730. The van der Waals surface area contributed by atoms with Crippen molar-refractivity contribution in [2.75, 3.05) is 32.9 Å². The summed E-state index contributed by atoms with van der Waals surface area (Å²) in [6, 6.07) is 17.1. The van der Waals surface area contributed by atoms with E-state index in [4.69, 9.17) is 14.7 Å². The van der Waals surface area contributed by atoms with Gasteiger partial charge in [0.15, 0.2) is 6.61 Å². The highest BCUT2D eigenvalue weighted by Gasteiger charge is 2.27.